The molecule has 0 aliphatic carbocycles. The summed E-state index contributed by atoms with van der Waals surface area (Å²) in [6.07, 6.45) is 2.99. The van der Waals surface area contributed by atoms with E-state index in [4.69, 9.17) is 5.11 Å². The van der Waals surface area contributed by atoms with Gasteiger partial charge in [0.1, 0.15) is 5.82 Å². The summed E-state index contributed by atoms with van der Waals surface area (Å²) in [5.41, 5.74) is 1.85. The van der Waals surface area contributed by atoms with Crippen molar-refractivity contribution in [3.63, 3.8) is 0 Å². The molecule has 23 heavy (non-hydrogen) atoms. The predicted molar refractivity (Wildman–Crippen MR) is 84.9 cm³/mol. The van der Waals surface area contributed by atoms with Crippen molar-refractivity contribution in [3.05, 3.63) is 35.8 Å². The first-order valence-corrected chi connectivity index (χ1v) is 7.44. The number of aromatic nitrogens is 1. The number of rotatable bonds is 7. The van der Waals surface area contributed by atoms with Crippen molar-refractivity contribution in [1.82, 2.24) is 15.2 Å². The lowest BCUT2D eigenvalue weighted by Crippen LogP contribution is -2.37. The van der Waals surface area contributed by atoms with Crippen LogP contribution in [0.1, 0.15) is 18.4 Å². The van der Waals surface area contributed by atoms with Crippen LogP contribution in [-0.2, 0) is 18.3 Å². The molecule has 3 N–H and O–H groups in total. The zero-order chi connectivity index (χ0) is 16.8. The molecule has 0 aliphatic heterocycles. The van der Waals surface area contributed by atoms with Gasteiger partial charge in [-0.15, -0.1) is 0 Å². The van der Waals surface area contributed by atoms with Crippen molar-refractivity contribution in [2.75, 3.05) is 13.1 Å². The van der Waals surface area contributed by atoms with Gasteiger partial charge in [0.2, 0.25) is 0 Å². The van der Waals surface area contributed by atoms with E-state index in [0.717, 1.165) is 16.5 Å². The number of benzene rings is 1. The zero-order valence-electron chi connectivity index (χ0n) is 12.9. The summed E-state index contributed by atoms with van der Waals surface area (Å²) in [6, 6.07) is 4.34. The number of amides is 2. The molecule has 2 amide bonds. The summed E-state index contributed by atoms with van der Waals surface area (Å²) in [5, 5.41) is 14.8. The molecule has 0 fully saturated rings. The Kier molecular flexibility index (Phi) is 5.56. The van der Waals surface area contributed by atoms with Crippen LogP contribution in [0, 0.1) is 5.82 Å². The number of carboxylic acid groups (broad SMARTS) is 1. The van der Waals surface area contributed by atoms with Gasteiger partial charge >= 0.3 is 12.0 Å². The van der Waals surface area contributed by atoms with Crippen molar-refractivity contribution in [1.29, 1.82) is 0 Å². The fraction of sp³-hybridized carbons (Fsp3) is 0.375. The SMILES string of the molecule is Cn1cc(CCNC(=O)NCCCC(=O)O)c2ccc(F)cc21. The summed E-state index contributed by atoms with van der Waals surface area (Å²) in [5.74, 6) is -1.15. The maximum atomic E-state index is 13.3. The molecule has 0 unspecified atom stereocenters. The van der Waals surface area contributed by atoms with E-state index in [-0.39, 0.29) is 18.3 Å². The highest BCUT2D eigenvalue weighted by atomic mass is 19.1. The highest BCUT2D eigenvalue weighted by Gasteiger charge is 2.08. The molecule has 2 rings (SSSR count). The van der Waals surface area contributed by atoms with Crippen LogP contribution in [0.5, 0.6) is 0 Å². The third kappa shape index (κ3) is 4.70. The largest absolute Gasteiger partial charge is 0.481 e. The van der Waals surface area contributed by atoms with E-state index in [1.807, 2.05) is 17.8 Å². The van der Waals surface area contributed by atoms with Crippen LogP contribution in [0.3, 0.4) is 0 Å². The van der Waals surface area contributed by atoms with Crippen LogP contribution in [0.4, 0.5) is 9.18 Å². The molecule has 0 saturated carbocycles. The topological polar surface area (TPSA) is 83.4 Å². The Morgan fingerprint density at radius 3 is 2.74 bits per heavy atom. The molecule has 0 spiro atoms. The average Bonchev–Trinajstić information content (AvgIpc) is 2.79. The van der Waals surface area contributed by atoms with Gasteiger partial charge in [0, 0.05) is 38.1 Å². The van der Waals surface area contributed by atoms with Crippen molar-refractivity contribution in [2.45, 2.75) is 19.3 Å². The number of nitrogens with one attached hydrogen (secondary N) is 2. The van der Waals surface area contributed by atoms with Gasteiger partial charge in [0.25, 0.3) is 0 Å². The second-order valence-electron chi connectivity index (χ2n) is 5.36. The zero-order valence-corrected chi connectivity index (χ0v) is 12.9. The number of aryl methyl sites for hydroxylation is 1. The first kappa shape index (κ1) is 16.8. The van der Waals surface area contributed by atoms with E-state index >= 15 is 0 Å². The number of carbonyl (C=O) groups excluding carboxylic acids is 1. The molecular formula is C16H20FN3O3. The third-order valence-electron chi connectivity index (χ3n) is 3.57. The number of urea groups is 1. The predicted octanol–water partition coefficient (Wildman–Crippen LogP) is 2.02. The van der Waals surface area contributed by atoms with Crippen LogP contribution in [0.15, 0.2) is 24.4 Å². The number of halogens is 1. The minimum atomic E-state index is -0.875. The average molecular weight is 321 g/mol. The molecule has 7 heteroatoms. The van der Waals surface area contributed by atoms with Crippen molar-refractivity contribution in [2.24, 2.45) is 7.05 Å². The van der Waals surface area contributed by atoms with Gasteiger partial charge in [-0.25, -0.2) is 9.18 Å². The maximum Gasteiger partial charge on any atom is 0.314 e. The second kappa shape index (κ2) is 7.62. The van der Waals surface area contributed by atoms with Crippen LogP contribution in [-0.4, -0.2) is 34.8 Å². The number of carbonyl (C=O) groups is 2. The highest BCUT2D eigenvalue weighted by molar-refractivity contribution is 5.84. The molecule has 0 radical (unpaired) electrons. The molecule has 1 aromatic heterocycles. The Hall–Kier alpha value is -2.57. The number of aliphatic carboxylic acids is 1. The summed E-state index contributed by atoms with van der Waals surface area (Å²) in [6.45, 7) is 0.771. The van der Waals surface area contributed by atoms with Gasteiger partial charge in [-0.1, -0.05) is 0 Å². The summed E-state index contributed by atoms with van der Waals surface area (Å²) in [4.78, 5) is 21.9. The Bertz CT molecular complexity index is 712. The fourth-order valence-electron chi connectivity index (χ4n) is 2.45. The minimum Gasteiger partial charge on any atom is -0.481 e. The number of hydrogen-bond acceptors (Lipinski definition) is 2. The van der Waals surface area contributed by atoms with Crippen molar-refractivity contribution in [3.8, 4) is 0 Å². The molecule has 0 aliphatic rings. The van der Waals surface area contributed by atoms with Gasteiger partial charge in [-0.05, 0) is 36.6 Å². The van der Waals surface area contributed by atoms with Crippen molar-refractivity contribution >= 4 is 22.9 Å². The van der Waals surface area contributed by atoms with E-state index in [2.05, 4.69) is 10.6 Å². The van der Waals surface area contributed by atoms with Gasteiger partial charge in [-0.2, -0.15) is 0 Å². The molecule has 124 valence electrons. The normalized spacial score (nSPS) is 10.7. The summed E-state index contributed by atoms with van der Waals surface area (Å²) < 4.78 is 15.1. The highest BCUT2D eigenvalue weighted by Crippen LogP contribution is 2.21. The molecule has 2 aromatic rings. The molecule has 6 nitrogen and oxygen atoms in total. The smallest absolute Gasteiger partial charge is 0.314 e. The number of hydrogen-bond donors (Lipinski definition) is 3. The number of carboxylic acids is 1. The standard InChI is InChI=1S/C16H20FN3O3/c1-20-10-11(13-5-4-12(17)9-14(13)20)6-8-19-16(23)18-7-2-3-15(21)22/h4-5,9-10H,2-3,6-8H2,1H3,(H,21,22)(H2,18,19,23). The molecular weight excluding hydrogens is 301 g/mol. The maximum absolute atomic E-state index is 13.3. The Morgan fingerprint density at radius 1 is 1.26 bits per heavy atom. The lowest BCUT2D eigenvalue weighted by molar-refractivity contribution is -0.137. The van der Waals surface area contributed by atoms with Crippen molar-refractivity contribution < 1.29 is 19.1 Å². The third-order valence-corrected chi connectivity index (χ3v) is 3.57. The fourth-order valence-corrected chi connectivity index (χ4v) is 2.45. The van der Waals surface area contributed by atoms with Crippen LogP contribution in [0.2, 0.25) is 0 Å². The monoisotopic (exact) mass is 321 g/mol. The van der Waals surface area contributed by atoms with E-state index in [0.29, 0.717) is 25.9 Å². The molecule has 0 atom stereocenters. The first-order chi connectivity index (χ1) is 11.0. The van der Waals surface area contributed by atoms with Gasteiger partial charge in [0.15, 0.2) is 0 Å². The van der Waals surface area contributed by atoms with Crippen LogP contribution >= 0.6 is 0 Å². The molecule has 0 bridgehead atoms. The van der Waals surface area contributed by atoms with E-state index in [9.17, 15) is 14.0 Å². The van der Waals surface area contributed by atoms with E-state index in [1.54, 1.807) is 6.07 Å². The Balaban J connectivity index is 1.80. The first-order valence-electron chi connectivity index (χ1n) is 7.44. The summed E-state index contributed by atoms with van der Waals surface area (Å²) in [7, 11) is 1.86. The summed E-state index contributed by atoms with van der Waals surface area (Å²) >= 11 is 0. The van der Waals surface area contributed by atoms with E-state index in [1.165, 1.54) is 12.1 Å². The Morgan fingerprint density at radius 2 is 2.00 bits per heavy atom. The molecule has 1 heterocycles. The Labute approximate surface area is 133 Å². The molecule has 1 aromatic carbocycles. The van der Waals surface area contributed by atoms with Gasteiger partial charge < -0.3 is 20.3 Å². The van der Waals surface area contributed by atoms with Gasteiger partial charge in [-0.3, -0.25) is 4.79 Å². The van der Waals surface area contributed by atoms with Crippen LogP contribution in [0.25, 0.3) is 10.9 Å². The van der Waals surface area contributed by atoms with Crippen LogP contribution < -0.4 is 10.6 Å². The van der Waals surface area contributed by atoms with E-state index < -0.39 is 5.97 Å². The second-order valence-corrected chi connectivity index (χ2v) is 5.36. The minimum absolute atomic E-state index is 0.0346. The quantitative estimate of drug-likeness (QED) is 0.682. The van der Waals surface area contributed by atoms with Gasteiger partial charge in [0.05, 0.1) is 5.52 Å². The lowest BCUT2D eigenvalue weighted by atomic mass is 10.1. The number of nitrogens with zero attached hydrogens (tertiary/aromatic N) is 1. The molecule has 0 saturated heterocycles. The lowest BCUT2D eigenvalue weighted by Gasteiger charge is -2.06. The number of fused-ring (bicyclic) bond motifs is 1.